The summed E-state index contributed by atoms with van der Waals surface area (Å²) in [7, 11) is 1.68. The average molecular weight is 467 g/mol. The third kappa shape index (κ3) is 4.86. The second-order valence-electron chi connectivity index (χ2n) is 9.97. The second-order valence-corrected chi connectivity index (χ2v) is 9.97. The van der Waals surface area contributed by atoms with Gasteiger partial charge in [0.25, 0.3) is 0 Å². The number of ketones is 1. The fraction of sp³-hybridized carbons (Fsp3) is 0.600. The molecule has 0 bridgehead atoms. The van der Waals surface area contributed by atoms with Gasteiger partial charge in [-0.2, -0.15) is 5.10 Å². The first-order valence-corrected chi connectivity index (χ1v) is 12.4. The topological polar surface area (TPSA) is 107 Å². The van der Waals surface area contributed by atoms with E-state index in [4.69, 9.17) is 9.84 Å². The number of ether oxygens (including phenoxy) is 1. The molecule has 182 valence electrons. The standard InChI is InChI=1S/C25H34N6O3/c1-16(15-34-2)28-25-26-12-24-22(10-23(31(24)29-25)18-4-7-20(32)8-5-18)19-11-27-30(14-19)13-17-3-6-21(33)9-17/h10-12,14,16-18,20,32H,3-9,13,15H2,1-2H3,(H,28,29)/t16-,17+,18?,20?/m0/s1. The Morgan fingerprint density at radius 3 is 2.79 bits per heavy atom. The van der Waals surface area contributed by atoms with Crippen LogP contribution in [-0.4, -0.2) is 61.1 Å². The fourth-order valence-electron chi connectivity index (χ4n) is 5.40. The highest BCUT2D eigenvalue weighted by Gasteiger charge is 2.26. The summed E-state index contributed by atoms with van der Waals surface area (Å²) in [6.45, 7) is 3.37. The van der Waals surface area contributed by atoms with E-state index in [9.17, 15) is 9.90 Å². The Bertz CT molecular complexity index is 1150. The first-order valence-electron chi connectivity index (χ1n) is 12.4. The lowest BCUT2D eigenvalue weighted by atomic mass is 9.85. The molecule has 9 heteroatoms. The SMILES string of the molecule is COC[C@H](C)Nc1ncc2c(-c3cnn(C[C@@H]4CCC(=O)C4)c3)cc(C3CCC(O)CC3)n2n1. The zero-order valence-electron chi connectivity index (χ0n) is 20.0. The van der Waals surface area contributed by atoms with E-state index in [2.05, 4.69) is 27.7 Å². The van der Waals surface area contributed by atoms with E-state index in [0.717, 1.165) is 61.0 Å². The van der Waals surface area contributed by atoms with Crippen LogP contribution in [0.4, 0.5) is 5.95 Å². The molecule has 0 aliphatic heterocycles. The molecule has 0 aromatic carbocycles. The molecular weight excluding hydrogens is 432 g/mol. The number of carbonyl (C=O) groups is 1. The van der Waals surface area contributed by atoms with Crippen LogP contribution in [0.5, 0.6) is 0 Å². The van der Waals surface area contributed by atoms with Gasteiger partial charge in [-0.25, -0.2) is 9.50 Å². The molecule has 34 heavy (non-hydrogen) atoms. The van der Waals surface area contributed by atoms with E-state index in [1.807, 2.05) is 28.5 Å². The Labute approximate surface area is 199 Å². The van der Waals surface area contributed by atoms with Crippen LogP contribution in [-0.2, 0) is 16.1 Å². The normalized spacial score (nSPS) is 24.1. The van der Waals surface area contributed by atoms with Crippen molar-refractivity contribution in [3.05, 3.63) is 30.4 Å². The molecule has 0 saturated heterocycles. The van der Waals surface area contributed by atoms with E-state index in [1.54, 1.807) is 7.11 Å². The molecule has 2 atom stereocenters. The number of hydrogen-bond acceptors (Lipinski definition) is 7. The summed E-state index contributed by atoms with van der Waals surface area (Å²) in [6.07, 6.45) is 11.4. The summed E-state index contributed by atoms with van der Waals surface area (Å²) in [5, 5.41) is 22.8. The first kappa shape index (κ1) is 23.0. The quantitative estimate of drug-likeness (QED) is 0.524. The maximum Gasteiger partial charge on any atom is 0.241 e. The summed E-state index contributed by atoms with van der Waals surface area (Å²) >= 11 is 0. The van der Waals surface area contributed by atoms with Crippen molar-refractivity contribution in [2.75, 3.05) is 19.0 Å². The number of anilines is 1. The van der Waals surface area contributed by atoms with Crippen LogP contribution in [0.25, 0.3) is 16.6 Å². The largest absolute Gasteiger partial charge is 0.393 e. The van der Waals surface area contributed by atoms with Gasteiger partial charge in [0.15, 0.2) is 0 Å². The molecule has 3 aromatic heterocycles. The Morgan fingerprint density at radius 1 is 1.24 bits per heavy atom. The average Bonchev–Trinajstić information content (AvgIpc) is 3.53. The molecule has 2 aliphatic carbocycles. The number of Topliss-reactive ketones (excluding diaryl/α,β-unsaturated/α-hetero) is 1. The van der Waals surface area contributed by atoms with Crippen molar-refractivity contribution >= 4 is 17.2 Å². The van der Waals surface area contributed by atoms with Gasteiger partial charge in [0, 0.05) is 61.5 Å². The molecule has 2 N–H and O–H groups in total. The minimum absolute atomic E-state index is 0.0893. The van der Waals surface area contributed by atoms with E-state index in [0.29, 0.717) is 43.0 Å². The monoisotopic (exact) mass is 466 g/mol. The van der Waals surface area contributed by atoms with E-state index in [-0.39, 0.29) is 12.1 Å². The Kier molecular flexibility index (Phi) is 6.65. The van der Waals surface area contributed by atoms with Crippen LogP contribution in [0.15, 0.2) is 24.7 Å². The highest BCUT2D eigenvalue weighted by molar-refractivity contribution is 5.81. The maximum atomic E-state index is 11.6. The van der Waals surface area contributed by atoms with Crippen LogP contribution < -0.4 is 5.32 Å². The summed E-state index contributed by atoms with van der Waals surface area (Å²) in [5.41, 5.74) is 4.19. The van der Waals surface area contributed by atoms with Crippen LogP contribution in [0.3, 0.4) is 0 Å². The summed E-state index contributed by atoms with van der Waals surface area (Å²) in [6, 6.07) is 2.31. The third-order valence-corrected chi connectivity index (χ3v) is 7.19. The lowest BCUT2D eigenvalue weighted by Crippen LogP contribution is -2.23. The molecular formula is C25H34N6O3. The Balaban J connectivity index is 1.47. The molecule has 0 unspecified atom stereocenters. The van der Waals surface area contributed by atoms with E-state index in [1.165, 1.54) is 0 Å². The number of nitrogens with zero attached hydrogens (tertiary/aromatic N) is 5. The molecule has 3 aromatic rings. The maximum absolute atomic E-state index is 11.6. The van der Waals surface area contributed by atoms with E-state index >= 15 is 0 Å². The predicted molar refractivity (Wildman–Crippen MR) is 129 cm³/mol. The molecule has 2 aliphatic rings. The summed E-state index contributed by atoms with van der Waals surface area (Å²) in [5.74, 6) is 1.64. The molecule has 0 spiro atoms. The predicted octanol–water partition coefficient (Wildman–Crippen LogP) is 3.43. The van der Waals surface area contributed by atoms with Crippen LogP contribution >= 0.6 is 0 Å². The molecule has 0 amide bonds. The highest BCUT2D eigenvalue weighted by atomic mass is 16.5. The fourth-order valence-corrected chi connectivity index (χ4v) is 5.40. The van der Waals surface area contributed by atoms with Gasteiger partial charge in [0.05, 0.1) is 30.6 Å². The molecule has 9 nitrogen and oxygen atoms in total. The number of hydrogen-bond donors (Lipinski definition) is 2. The number of aliphatic hydroxyl groups excluding tert-OH is 1. The number of methoxy groups -OCH3 is 1. The number of aromatic nitrogens is 5. The van der Waals surface area contributed by atoms with Crippen molar-refractivity contribution < 1.29 is 14.6 Å². The number of nitrogens with one attached hydrogen (secondary N) is 1. The van der Waals surface area contributed by atoms with Gasteiger partial charge < -0.3 is 15.2 Å². The van der Waals surface area contributed by atoms with Crippen LogP contribution in [0.2, 0.25) is 0 Å². The lowest BCUT2D eigenvalue weighted by molar-refractivity contribution is -0.117. The minimum atomic E-state index is -0.204. The van der Waals surface area contributed by atoms with Crippen molar-refractivity contribution in [1.82, 2.24) is 24.4 Å². The molecule has 2 fully saturated rings. The van der Waals surface area contributed by atoms with Gasteiger partial charge in [-0.3, -0.25) is 9.48 Å². The van der Waals surface area contributed by atoms with Crippen LogP contribution in [0.1, 0.15) is 63.5 Å². The van der Waals surface area contributed by atoms with Crippen molar-refractivity contribution in [3.8, 4) is 11.1 Å². The van der Waals surface area contributed by atoms with Crippen LogP contribution in [0, 0.1) is 5.92 Å². The third-order valence-electron chi connectivity index (χ3n) is 7.19. The number of rotatable bonds is 8. The van der Waals surface area contributed by atoms with Crippen molar-refractivity contribution in [2.24, 2.45) is 5.92 Å². The molecule has 3 heterocycles. The minimum Gasteiger partial charge on any atom is -0.393 e. The van der Waals surface area contributed by atoms with Gasteiger partial charge in [0.2, 0.25) is 5.95 Å². The van der Waals surface area contributed by atoms with E-state index < -0.39 is 0 Å². The Morgan fingerprint density at radius 2 is 2.06 bits per heavy atom. The molecule has 0 radical (unpaired) electrons. The van der Waals surface area contributed by atoms with Gasteiger partial charge in [-0.05, 0) is 51.0 Å². The lowest BCUT2D eigenvalue weighted by Gasteiger charge is -2.25. The summed E-state index contributed by atoms with van der Waals surface area (Å²) in [4.78, 5) is 16.2. The zero-order chi connectivity index (χ0) is 23.7. The highest BCUT2D eigenvalue weighted by Crippen LogP contribution is 2.37. The van der Waals surface area contributed by atoms with Gasteiger partial charge in [-0.1, -0.05) is 0 Å². The molecule has 2 saturated carbocycles. The zero-order valence-corrected chi connectivity index (χ0v) is 20.0. The number of aliphatic hydroxyl groups is 1. The molecule has 5 rings (SSSR count). The van der Waals surface area contributed by atoms with Gasteiger partial charge in [-0.15, -0.1) is 5.10 Å². The summed E-state index contributed by atoms with van der Waals surface area (Å²) < 4.78 is 9.21. The second kappa shape index (κ2) is 9.84. The van der Waals surface area contributed by atoms with Crippen molar-refractivity contribution in [2.45, 2.75) is 76.5 Å². The number of carbonyl (C=O) groups excluding carboxylic acids is 1. The van der Waals surface area contributed by atoms with Gasteiger partial charge in [0.1, 0.15) is 5.78 Å². The number of fused-ring (bicyclic) bond motifs is 1. The van der Waals surface area contributed by atoms with Gasteiger partial charge >= 0.3 is 0 Å². The Hall–Kier alpha value is -2.78. The van der Waals surface area contributed by atoms with Crippen molar-refractivity contribution in [3.63, 3.8) is 0 Å². The first-order chi connectivity index (χ1) is 16.5. The smallest absolute Gasteiger partial charge is 0.241 e. The van der Waals surface area contributed by atoms with Crippen molar-refractivity contribution in [1.29, 1.82) is 0 Å².